The molecule has 1 saturated carbocycles. The first-order chi connectivity index (χ1) is 8.86. The summed E-state index contributed by atoms with van der Waals surface area (Å²) in [7, 11) is -1.39. The molecule has 0 bridgehead atoms. The van der Waals surface area contributed by atoms with Crippen molar-refractivity contribution in [2.75, 3.05) is 12.3 Å². The maximum atomic E-state index is 12.6. The third-order valence-electron chi connectivity index (χ3n) is 3.49. The largest absolute Gasteiger partial charge is 0.416 e. The van der Waals surface area contributed by atoms with Crippen LogP contribution in [-0.2, 0) is 17.0 Å². The number of hydrogen-bond acceptors (Lipinski definition) is 2. The van der Waals surface area contributed by atoms with Gasteiger partial charge in [0.2, 0.25) is 0 Å². The molecule has 1 fully saturated rings. The van der Waals surface area contributed by atoms with E-state index in [4.69, 9.17) is 5.73 Å². The number of alkyl halides is 3. The number of halogens is 3. The van der Waals surface area contributed by atoms with E-state index in [0.717, 1.165) is 31.4 Å². The molecule has 0 aromatic heterocycles. The Labute approximate surface area is 112 Å². The lowest BCUT2D eigenvalue weighted by Crippen LogP contribution is -2.17. The molecule has 2 rings (SSSR count). The van der Waals surface area contributed by atoms with Gasteiger partial charge in [-0.15, -0.1) is 0 Å². The fourth-order valence-corrected chi connectivity index (χ4v) is 3.77. The molecule has 2 N–H and O–H groups in total. The minimum atomic E-state index is -4.39. The van der Waals surface area contributed by atoms with E-state index in [1.165, 1.54) is 12.1 Å². The molecule has 2 nitrogen and oxygen atoms in total. The van der Waals surface area contributed by atoms with Crippen LogP contribution >= 0.6 is 0 Å². The fourth-order valence-electron chi connectivity index (χ4n) is 2.12. The van der Waals surface area contributed by atoms with Crippen LogP contribution < -0.4 is 5.73 Å². The first-order valence-electron chi connectivity index (χ1n) is 6.12. The highest BCUT2D eigenvalue weighted by molar-refractivity contribution is 7.85. The summed E-state index contributed by atoms with van der Waals surface area (Å²) in [5, 5.41) is 0. The van der Waals surface area contributed by atoms with Crippen LogP contribution in [0.25, 0.3) is 0 Å². The Bertz CT molecular complexity index is 483. The zero-order valence-corrected chi connectivity index (χ0v) is 11.2. The van der Waals surface area contributed by atoms with Gasteiger partial charge in [-0.2, -0.15) is 13.2 Å². The maximum absolute atomic E-state index is 12.6. The summed E-state index contributed by atoms with van der Waals surface area (Å²) >= 11 is 0. The molecule has 1 atom stereocenters. The Morgan fingerprint density at radius 2 is 2.00 bits per heavy atom. The van der Waals surface area contributed by atoms with Gasteiger partial charge in [0.05, 0.1) is 16.4 Å². The molecule has 1 aromatic rings. The van der Waals surface area contributed by atoms with Crippen molar-refractivity contribution in [3.8, 4) is 0 Å². The molecule has 6 heteroatoms. The van der Waals surface area contributed by atoms with E-state index in [9.17, 15) is 17.4 Å². The Morgan fingerprint density at radius 3 is 2.53 bits per heavy atom. The molecular formula is C13H16F3NOS. The molecule has 0 amide bonds. The maximum Gasteiger partial charge on any atom is 0.416 e. The lowest BCUT2D eigenvalue weighted by Gasteiger charge is -2.14. The summed E-state index contributed by atoms with van der Waals surface area (Å²) in [5.41, 5.74) is 4.75. The molecule has 0 radical (unpaired) electrons. The van der Waals surface area contributed by atoms with Gasteiger partial charge in [0.1, 0.15) is 0 Å². The first-order valence-corrected chi connectivity index (χ1v) is 7.44. The highest BCUT2D eigenvalue weighted by Gasteiger charge is 2.43. The summed E-state index contributed by atoms with van der Waals surface area (Å²) in [6.07, 6.45) is -1.67. The van der Waals surface area contributed by atoms with E-state index in [2.05, 4.69) is 0 Å². The minimum Gasteiger partial charge on any atom is -0.330 e. The third-order valence-corrected chi connectivity index (χ3v) is 5.15. The second kappa shape index (κ2) is 5.25. The van der Waals surface area contributed by atoms with Crippen molar-refractivity contribution in [2.45, 2.75) is 30.3 Å². The van der Waals surface area contributed by atoms with Gasteiger partial charge in [0.25, 0.3) is 0 Å². The molecule has 0 spiro atoms. The van der Waals surface area contributed by atoms with E-state index < -0.39 is 22.5 Å². The van der Waals surface area contributed by atoms with Crippen molar-refractivity contribution in [3.63, 3.8) is 0 Å². The van der Waals surface area contributed by atoms with E-state index >= 15 is 0 Å². The molecular weight excluding hydrogens is 275 g/mol. The van der Waals surface area contributed by atoms with E-state index in [1.807, 2.05) is 0 Å². The van der Waals surface area contributed by atoms with Crippen LogP contribution in [0.3, 0.4) is 0 Å². The normalized spacial score (nSPS) is 19.2. The Hall–Kier alpha value is -0.880. The van der Waals surface area contributed by atoms with Gasteiger partial charge in [-0.1, -0.05) is 6.07 Å². The number of rotatable bonds is 5. The predicted molar refractivity (Wildman–Crippen MR) is 68.1 cm³/mol. The van der Waals surface area contributed by atoms with Crippen molar-refractivity contribution in [1.82, 2.24) is 0 Å². The van der Waals surface area contributed by atoms with Crippen LogP contribution in [0.2, 0.25) is 0 Å². The van der Waals surface area contributed by atoms with Crippen LogP contribution in [0.4, 0.5) is 13.2 Å². The van der Waals surface area contributed by atoms with Crippen LogP contribution in [0.1, 0.15) is 24.8 Å². The van der Waals surface area contributed by atoms with Gasteiger partial charge < -0.3 is 5.73 Å². The Kier molecular flexibility index (Phi) is 4.01. The van der Waals surface area contributed by atoms with E-state index in [0.29, 0.717) is 12.3 Å². The number of benzene rings is 1. The zero-order chi connectivity index (χ0) is 14.1. The SMILES string of the molecule is NCCC1(CS(=O)c2cccc(C(F)(F)F)c2)CC1. The highest BCUT2D eigenvalue weighted by Crippen LogP contribution is 2.49. The molecule has 1 aliphatic rings. The summed E-state index contributed by atoms with van der Waals surface area (Å²) in [4.78, 5) is 0.248. The molecule has 0 aliphatic heterocycles. The topological polar surface area (TPSA) is 43.1 Å². The second-order valence-corrected chi connectivity index (χ2v) is 6.51. The monoisotopic (exact) mass is 291 g/mol. The molecule has 19 heavy (non-hydrogen) atoms. The molecule has 106 valence electrons. The average Bonchev–Trinajstić information content (AvgIpc) is 3.08. The van der Waals surface area contributed by atoms with Gasteiger partial charge in [-0.05, 0) is 49.4 Å². The van der Waals surface area contributed by atoms with Crippen LogP contribution in [0, 0.1) is 5.41 Å². The van der Waals surface area contributed by atoms with Gasteiger partial charge in [-0.25, -0.2) is 0 Å². The summed E-state index contributed by atoms with van der Waals surface area (Å²) < 4.78 is 49.9. The smallest absolute Gasteiger partial charge is 0.330 e. The van der Waals surface area contributed by atoms with Crippen LogP contribution in [0.15, 0.2) is 29.2 Å². The number of nitrogens with two attached hydrogens (primary N) is 1. The summed E-state index contributed by atoms with van der Waals surface area (Å²) in [5.74, 6) is 0.408. The minimum absolute atomic E-state index is 0.00610. The fraction of sp³-hybridized carbons (Fsp3) is 0.538. The third kappa shape index (κ3) is 3.57. The van der Waals surface area contributed by atoms with E-state index in [1.54, 1.807) is 0 Å². The number of hydrogen-bond donors (Lipinski definition) is 1. The Morgan fingerprint density at radius 1 is 1.32 bits per heavy atom. The van der Waals surface area contributed by atoms with Gasteiger partial charge in [0, 0.05) is 10.6 Å². The quantitative estimate of drug-likeness (QED) is 0.906. The van der Waals surface area contributed by atoms with Crippen molar-refractivity contribution in [1.29, 1.82) is 0 Å². The molecule has 1 unspecified atom stereocenters. The zero-order valence-electron chi connectivity index (χ0n) is 10.4. The predicted octanol–water partition coefficient (Wildman–Crippen LogP) is 2.94. The summed E-state index contributed by atoms with van der Waals surface area (Å²) in [6.45, 7) is 0.528. The van der Waals surface area contributed by atoms with Crippen molar-refractivity contribution < 1.29 is 17.4 Å². The van der Waals surface area contributed by atoms with Gasteiger partial charge in [-0.3, -0.25) is 4.21 Å². The lowest BCUT2D eigenvalue weighted by molar-refractivity contribution is -0.137. The average molecular weight is 291 g/mol. The summed E-state index contributed by atoms with van der Waals surface area (Å²) in [6, 6.07) is 4.77. The van der Waals surface area contributed by atoms with Crippen molar-refractivity contribution in [2.24, 2.45) is 11.1 Å². The lowest BCUT2D eigenvalue weighted by atomic mass is 10.1. The second-order valence-electron chi connectivity index (χ2n) is 5.05. The van der Waals surface area contributed by atoms with Gasteiger partial charge >= 0.3 is 6.18 Å². The van der Waals surface area contributed by atoms with Crippen molar-refractivity contribution >= 4 is 10.8 Å². The highest BCUT2D eigenvalue weighted by atomic mass is 32.2. The van der Waals surface area contributed by atoms with Crippen molar-refractivity contribution in [3.05, 3.63) is 29.8 Å². The molecule has 0 heterocycles. The Balaban J connectivity index is 2.12. The first kappa shape index (κ1) is 14.5. The molecule has 1 aromatic carbocycles. The van der Waals surface area contributed by atoms with Crippen LogP contribution in [0.5, 0.6) is 0 Å². The molecule has 1 aliphatic carbocycles. The van der Waals surface area contributed by atoms with E-state index in [-0.39, 0.29) is 10.3 Å². The molecule has 0 saturated heterocycles. The van der Waals surface area contributed by atoms with Crippen LogP contribution in [-0.4, -0.2) is 16.5 Å². The van der Waals surface area contributed by atoms with Gasteiger partial charge in [0.15, 0.2) is 0 Å². The standard InChI is InChI=1S/C13H16F3NOS/c14-13(15,16)10-2-1-3-11(8-10)19(18)9-12(4-5-12)6-7-17/h1-3,8H,4-7,9,17H2.